The zero-order valence-corrected chi connectivity index (χ0v) is 13.8. The molecule has 0 rings (SSSR count). The number of alkyl halides is 15. The third kappa shape index (κ3) is 3.30. The Bertz CT molecular complexity index is 712. The van der Waals surface area contributed by atoms with Gasteiger partial charge in [-0.15, -0.1) is 8.78 Å². The van der Waals surface area contributed by atoms with Crippen molar-refractivity contribution >= 4 is 0 Å². The Hall–Kier alpha value is -2.05. The highest BCUT2D eigenvalue weighted by Gasteiger charge is 2.97. The van der Waals surface area contributed by atoms with Gasteiger partial charge in [0.05, 0.1) is 18.8 Å². The Labute approximate surface area is 153 Å². The summed E-state index contributed by atoms with van der Waals surface area (Å²) in [5, 5.41) is 10.4. The van der Waals surface area contributed by atoms with E-state index in [4.69, 9.17) is 0 Å². The van der Waals surface area contributed by atoms with Crippen molar-refractivity contribution in [2.75, 3.05) is 0 Å². The average molecular weight is 487 g/mol. The van der Waals surface area contributed by atoms with Gasteiger partial charge in [-0.1, -0.05) is 0 Å². The van der Waals surface area contributed by atoms with Crippen LogP contribution in [0.5, 0.6) is 0 Å². The highest BCUT2D eigenvalue weighted by atomic mass is 19.4. The lowest BCUT2D eigenvalue weighted by Crippen LogP contribution is -2.74. The number of nitroso groups, excluding NO2 is 1. The number of hydrogen-bond acceptors (Lipinski definition) is 3. The van der Waals surface area contributed by atoms with Crippen molar-refractivity contribution in [3.63, 3.8) is 0 Å². The van der Waals surface area contributed by atoms with Gasteiger partial charge in [0.15, 0.2) is 0 Å². The van der Waals surface area contributed by atoms with Gasteiger partial charge in [-0.3, -0.25) is 10.1 Å². The van der Waals surface area contributed by atoms with Gasteiger partial charge in [0.1, 0.15) is 4.76 Å². The van der Waals surface area contributed by atoms with Gasteiger partial charge < -0.3 is 0 Å². The van der Waals surface area contributed by atoms with Gasteiger partial charge >= 0.3 is 47.5 Å². The normalized spacial score (nSPS) is 15.9. The number of rotatable bonds is 8. The molecule has 0 N–H and O–H groups in total. The first-order valence-electron chi connectivity index (χ1n) is 6.55. The standard InChI is InChI=1S/C10H6F15N2O3/c1-3(2,27(29)30)26(28)10(24,25)8(19,20)6(15,16)4(11,12)5(13,14)7(17,18)9(21,22)23/h1-2H3/q+1. The zero-order chi connectivity index (χ0) is 25.2. The first kappa shape index (κ1) is 27.9. The summed E-state index contributed by atoms with van der Waals surface area (Å²) >= 11 is 0. The predicted octanol–water partition coefficient (Wildman–Crippen LogP) is 5.11. The van der Waals surface area contributed by atoms with Crippen LogP contribution in [0.1, 0.15) is 13.8 Å². The van der Waals surface area contributed by atoms with Gasteiger partial charge in [0.25, 0.3) is 0 Å². The Morgan fingerprint density at radius 2 is 0.800 bits per heavy atom. The van der Waals surface area contributed by atoms with Crippen LogP contribution in [-0.4, -0.2) is 57.2 Å². The van der Waals surface area contributed by atoms with E-state index in [-0.39, 0.29) is 13.8 Å². The van der Waals surface area contributed by atoms with E-state index in [1.165, 1.54) is 0 Å². The first-order chi connectivity index (χ1) is 12.6. The predicted molar refractivity (Wildman–Crippen MR) is 60.4 cm³/mol. The van der Waals surface area contributed by atoms with Gasteiger partial charge in [0.2, 0.25) is 0 Å². The summed E-state index contributed by atoms with van der Waals surface area (Å²) in [5.41, 5.74) is -4.03. The smallest absolute Gasteiger partial charge is 0.258 e. The molecule has 30 heavy (non-hydrogen) atoms. The summed E-state index contributed by atoms with van der Waals surface area (Å²) in [6, 6.07) is -7.40. The van der Waals surface area contributed by atoms with Crippen LogP contribution in [0.25, 0.3) is 0 Å². The molecule has 0 aliphatic carbocycles. The van der Waals surface area contributed by atoms with E-state index < -0.39 is 57.2 Å². The van der Waals surface area contributed by atoms with Crippen molar-refractivity contribution < 1.29 is 75.5 Å². The van der Waals surface area contributed by atoms with Crippen LogP contribution in [0.2, 0.25) is 0 Å². The Balaban J connectivity index is 6.77. The van der Waals surface area contributed by atoms with Crippen LogP contribution in [0.3, 0.4) is 0 Å². The molecule has 20 heteroatoms. The zero-order valence-electron chi connectivity index (χ0n) is 13.8. The van der Waals surface area contributed by atoms with Crippen molar-refractivity contribution in [3.8, 4) is 0 Å². The first-order valence-corrected chi connectivity index (χ1v) is 6.55. The van der Waals surface area contributed by atoms with E-state index >= 15 is 0 Å². The summed E-state index contributed by atoms with van der Waals surface area (Å²) in [5.74, 6) is -41.8. The van der Waals surface area contributed by atoms with Crippen molar-refractivity contribution in [1.82, 2.24) is 0 Å². The minimum Gasteiger partial charge on any atom is -0.258 e. The highest BCUT2D eigenvalue weighted by Crippen LogP contribution is 2.62. The van der Waals surface area contributed by atoms with Crippen LogP contribution in [0.4, 0.5) is 65.9 Å². The maximum absolute atomic E-state index is 13.5. The third-order valence-corrected chi connectivity index (χ3v) is 3.51. The van der Waals surface area contributed by atoms with E-state index in [2.05, 4.69) is 0 Å². The molecular weight excluding hydrogens is 481 g/mol. The summed E-state index contributed by atoms with van der Waals surface area (Å²) < 4.78 is 191. The van der Waals surface area contributed by atoms with E-state index in [0.717, 1.165) is 0 Å². The summed E-state index contributed by atoms with van der Waals surface area (Å²) in [6.07, 6.45) is -7.76. The molecule has 0 spiro atoms. The highest BCUT2D eigenvalue weighted by molar-refractivity contribution is 5.11. The Morgan fingerprint density at radius 3 is 1.07 bits per heavy atom. The molecule has 0 amide bonds. The topological polar surface area (TPSA) is 63.2 Å². The number of halogens is 15. The Kier molecular flexibility index (Phi) is 6.27. The largest absolute Gasteiger partial charge is 0.579 e. The third-order valence-electron chi connectivity index (χ3n) is 3.51. The van der Waals surface area contributed by atoms with Crippen molar-refractivity contribution in [1.29, 1.82) is 0 Å². The molecule has 0 radical (unpaired) electrons. The van der Waals surface area contributed by atoms with Gasteiger partial charge in [-0.25, -0.2) is 0 Å². The minimum absolute atomic E-state index is 0.271. The monoisotopic (exact) mass is 487 g/mol. The Morgan fingerprint density at radius 1 is 0.533 bits per heavy atom. The van der Waals surface area contributed by atoms with Gasteiger partial charge in [-0.2, -0.15) is 57.1 Å². The molecule has 5 nitrogen and oxygen atoms in total. The lowest BCUT2D eigenvalue weighted by Gasteiger charge is -2.39. The molecule has 0 bridgehead atoms. The molecule has 178 valence electrons. The molecule has 0 aromatic carbocycles. The van der Waals surface area contributed by atoms with Crippen LogP contribution < -0.4 is 0 Å². The number of nitrogens with zero attached hydrogens (tertiary/aromatic N) is 2. The van der Waals surface area contributed by atoms with Crippen LogP contribution in [0, 0.1) is 15.0 Å². The fraction of sp³-hybridized carbons (Fsp3) is 1.00. The molecule has 0 aliphatic rings. The molecule has 0 aromatic rings. The number of nitro groups is 1. The molecular formula is C10H6F15N2O3+. The lowest BCUT2D eigenvalue weighted by atomic mass is 9.92. The maximum Gasteiger partial charge on any atom is 0.579 e. The molecule has 0 unspecified atom stereocenters. The second kappa shape index (κ2) is 6.72. The molecule has 0 saturated carbocycles. The minimum atomic E-state index is -8.58. The number of hydrogen-bond donors (Lipinski definition) is 0. The van der Waals surface area contributed by atoms with Crippen LogP contribution >= 0.6 is 0 Å². The molecule has 0 atom stereocenters. The second-order valence-electron chi connectivity index (χ2n) is 5.96. The van der Waals surface area contributed by atoms with E-state index in [1.807, 2.05) is 0 Å². The second-order valence-corrected chi connectivity index (χ2v) is 5.96. The van der Waals surface area contributed by atoms with Gasteiger partial charge in [-0.05, 0) is 0 Å². The molecule has 0 fully saturated rings. The molecule has 0 heterocycles. The molecule has 0 aliphatic heterocycles. The molecule has 0 saturated heterocycles. The summed E-state index contributed by atoms with van der Waals surface area (Å²) in [4.78, 5) is 19.3. The van der Waals surface area contributed by atoms with Gasteiger partial charge in [0, 0.05) is 4.91 Å². The van der Waals surface area contributed by atoms with Crippen LogP contribution in [-0.2, 0) is 0 Å². The summed E-state index contributed by atoms with van der Waals surface area (Å²) in [7, 11) is 0. The van der Waals surface area contributed by atoms with E-state index in [9.17, 15) is 80.9 Å². The van der Waals surface area contributed by atoms with E-state index in [1.54, 1.807) is 0 Å². The quantitative estimate of drug-likeness (QED) is 0.119. The van der Waals surface area contributed by atoms with Crippen molar-refractivity contribution in [3.05, 3.63) is 15.0 Å². The maximum atomic E-state index is 13.5. The fourth-order valence-electron chi connectivity index (χ4n) is 1.50. The average Bonchev–Trinajstić information content (AvgIpc) is 2.51. The molecule has 0 aromatic heterocycles. The van der Waals surface area contributed by atoms with Crippen molar-refractivity contribution in [2.45, 2.75) is 61.3 Å². The van der Waals surface area contributed by atoms with Crippen molar-refractivity contribution in [2.24, 2.45) is 0 Å². The SMILES string of the molecule is CC(C)([N+](=O)[O-])[N+](=O)C(F)(F)C(F)(F)C(F)(F)C(F)(F)C(F)(F)C(F)(F)C(F)(F)F. The van der Waals surface area contributed by atoms with E-state index in [0.29, 0.717) is 0 Å². The van der Waals surface area contributed by atoms with Crippen LogP contribution in [0.15, 0.2) is 0 Å². The fourth-order valence-corrected chi connectivity index (χ4v) is 1.50. The summed E-state index contributed by atoms with van der Waals surface area (Å²) in [6.45, 7) is -0.542. The lowest BCUT2D eigenvalue weighted by molar-refractivity contribution is -0.886.